The van der Waals surface area contributed by atoms with Gasteiger partial charge in [0.15, 0.2) is 0 Å². The second-order valence-corrected chi connectivity index (χ2v) is 10.9. The summed E-state index contributed by atoms with van der Waals surface area (Å²) in [6, 6.07) is 15.4. The molecule has 1 amide bonds. The highest BCUT2D eigenvalue weighted by molar-refractivity contribution is 5.88. The molecule has 5 rings (SSSR count). The number of nitrogens with zero attached hydrogens (tertiary/aromatic N) is 4. The van der Waals surface area contributed by atoms with Crippen LogP contribution < -0.4 is 20.1 Å². The number of likely N-dealkylation sites (tertiary alicyclic amines) is 1. The number of para-hydroxylation sites is 1. The number of amides is 1. The van der Waals surface area contributed by atoms with Gasteiger partial charge in [-0.05, 0) is 55.4 Å². The number of anilines is 1. The highest BCUT2D eigenvalue weighted by Gasteiger charge is 2.40. The Balaban J connectivity index is 1.30. The van der Waals surface area contributed by atoms with Crippen LogP contribution in [-0.4, -0.2) is 77.8 Å². The molecule has 2 atom stereocenters. The average molecular weight is 574 g/mol. The van der Waals surface area contributed by atoms with Crippen LogP contribution in [0.5, 0.6) is 11.5 Å². The van der Waals surface area contributed by atoms with Crippen LogP contribution in [0.25, 0.3) is 0 Å². The van der Waals surface area contributed by atoms with E-state index < -0.39 is 5.97 Å². The number of hydrogen-bond acceptors (Lipinski definition) is 8. The summed E-state index contributed by atoms with van der Waals surface area (Å²) in [6.45, 7) is 2.99. The van der Waals surface area contributed by atoms with E-state index >= 15 is 0 Å². The van der Waals surface area contributed by atoms with Crippen LogP contribution in [0.15, 0.2) is 54.7 Å². The molecule has 10 heteroatoms. The van der Waals surface area contributed by atoms with E-state index in [2.05, 4.69) is 9.88 Å². The number of carboxylic acids is 1. The average Bonchev–Trinajstić information content (AvgIpc) is 3.32. The predicted octanol–water partition coefficient (Wildman–Crippen LogP) is 3.37. The normalized spacial score (nSPS) is 18.3. The van der Waals surface area contributed by atoms with Crippen LogP contribution in [-0.2, 0) is 24.1 Å². The fourth-order valence-electron chi connectivity index (χ4n) is 6.05. The second kappa shape index (κ2) is 13.7. The van der Waals surface area contributed by atoms with E-state index in [1.165, 1.54) is 6.20 Å². The summed E-state index contributed by atoms with van der Waals surface area (Å²) in [6.07, 6.45) is 5.88. The van der Waals surface area contributed by atoms with Gasteiger partial charge in [-0.25, -0.2) is 14.8 Å². The van der Waals surface area contributed by atoms with Crippen molar-refractivity contribution in [3.8, 4) is 11.5 Å². The van der Waals surface area contributed by atoms with E-state index in [1.54, 1.807) is 7.11 Å². The number of rotatable bonds is 11. The van der Waals surface area contributed by atoms with E-state index in [0.717, 1.165) is 55.0 Å². The maximum absolute atomic E-state index is 13.6. The van der Waals surface area contributed by atoms with Gasteiger partial charge in [-0.3, -0.25) is 4.79 Å². The number of carbonyl (C=O) groups excluding carboxylic acids is 1. The molecule has 0 bridgehead atoms. The fraction of sp³-hybridized carbons (Fsp3) is 0.438. The number of fused-ring (bicyclic) bond motifs is 1. The van der Waals surface area contributed by atoms with Gasteiger partial charge in [0, 0.05) is 37.9 Å². The Kier molecular flexibility index (Phi) is 9.53. The quantitative estimate of drug-likeness (QED) is 0.354. The van der Waals surface area contributed by atoms with Gasteiger partial charge in [-0.2, -0.15) is 0 Å². The minimum Gasteiger partial charge on any atom is -0.496 e. The highest BCUT2D eigenvalue weighted by Crippen LogP contribution is 2.33. The third-order valence-electron chi connectivity index (χ3n) is 8.21. The number of carboxylic acid groups (broad SMARTS) is 1. The number of benzene rings is 2. The van der Waals surface area contributed by atoms with E-state index in [1.807, 2.05) is 53.4 Å². The summed E-state index contributed by atoms with van der Waals surface area (Å²) < 4.78 is 11.0. The molecular weight excluding hydrogens is 534 g/mol. The Labute approximate surface area is 246 Å². The molecule has 3 aromatic rings. The first kappa shape index (κ1) is 29.3. The van der Waals surface area contributed by atoms with Crippen molar-refractivity contribution in [2.75, 3.05) is 44.8 Å². The van der Waals surface area contributed by atoms with Crippen LogP contribution in [0.3, 0.4) is 0 Å². The van der Waals surface area contributed by atoms with Gasteiger partial charge in [-0.1, -0.05) is 36.8 Å². The van der Waals surface area contributed by atoms with Crippen LogP contribution >= 0.6 is 0 Å². The Morgan fingerprint density at radius 2 is 1.88 bits per heavy atom. The zero-order valence-electron chi connectivity index (χ0n) is 24.1. The number of aromatic nitrogens is 2. The second-order valence-electron chi connectivity index (χ2n) is 10.9. The summed E-state index contributed by atoms with van der Waals surface area (Å²) in [5.41, 5.74) is 8.06. The summed E-state index contributed by atoms with van der Waals surface area (Å²) in [7, 11) is 1.62. The van der Waals surface area contributed by atoms with Gasteiger partial charge in [0.25, 0.3) is 0 Å². The van der Waals surface area contributed by atoms with Gasteiger partial charge in [0.2, 0.25) is 11.9 Å². The molecular formula is C32H39N5O5. The largest absolute Gasteiger partial charge is 0.496 e. The topological polar surface area (TPSA) is 131 Å². The standard InChI is InChI=1S/C32H39N5O5/c1-41-29-8-3-2-6-23(29)18-30(38)37-16-5-4-7-24-20-36(21-28(24)37)32-34-19-26(31(39)40)27(35-32)14-11-22-9-12-25(13-10-22)42-17-15-33/h2-3,6,8-10,12-13,19,24,28H,4-5,7,11,14-18,20-21,33H2,1H3,(H,39,40)/t24-,28-/m0/s1. The number of hydrogen-bond donors (Lipinski definition) is 2. The molecule has 0 spiro atoms. The van der Waals surface area contributed by atoms with Gasteiger partial charge >= 0.3 is 5.97 Å². The van der Waals surface area contributed by atoms with Crippen molar-refractivity contribution in [3.63, 3.8) is 0 Å². The van der Waals surface area contributed by atoms with Crippen LogP contribution in [0.2, 0.25) is 0 Å². The number of carbonyl (C=O) groups is 2. The minimum absolute atomic E-state index is 0.0564. The summed E-state index contributed by atoms with van der Waals surface area (Å²) >= 11 is 0. The lowest BCUT2D eigenvalue weighted by Gasteiger charge is -2.30. The minimum atomic E-state index is -1.04. The molecule has 3 N–H and O–H groups in total. The maximum atomic E-state index is 13.6. The predicted molar refractivity (Wildman–Crippen MR) is 159 cm³/mol. The van der Waals surface area contributed by atoms with E-state index in [0.29, 0.717) is 56.5 Å². The Bertz CT molecular complexity index is 1380. The number of ether oxygens (including phenoxy) is 2. The van der Waals surface area contributed by atoms with Gasteiger partial charge in [0.1, 0.15) is 18.1 Å². The molecule has 1 aromatic heterocycles. The highest BCUT2D eigenvalue weighted by atomic mass is 16.5. The molecule has 2 aliphatic rings. The maximum Gasteiger partial charge on any atom is 0.339 e. The Morgan fingerprint density at radius 1 is 1.07 bits per heavy atom. The Morgan fingerprint density at radius 3 is 2.64 bits per heavy atom. The van der Waals surface area contributed by atoms with Gasteiger partial charge < -0.3 is 30.1 Å². The zero-order chi connectivity index (χ0) is 29.5. The van der Waals surface area contributed by atoms with E-state index in [-0.39, 0.29) is 17.5 Å². The third kappa shape index (κ3) is 6.82. The van der Waals surface area contributed by atoms with Crippen molar-refractivity contribution in [3.05, 3.63) is 77.1 Å². The molecule has 2 saturated heterocycles. The summed E-state index contributed by atoms with van der Waals surface area (Å²) in [5.74, 6) is 1.36. The van der Waals surface area contributed by atoms with Crippen molar-refractivity contribution in [2.24, 2.45) is 11.7 Å². The van der Waals surface area contributed by atoms with Crippen molar-refractivity contribution in [1.82, 2.24) is 14.9 Å². The molecule has 2 fully saturated rings. The van der Waals surface area contributed by atoms with Crippen molar-refractivity contribution >= 4 is 17.8 Å². The Hall–Kier alpha value is -4.18. The SMILES string of the molecule is COc1ccccc1CC(=O)N1CCCC[C@H]2CN(c3ncc(C(=O)O)c(CCc4ccc(OCCN)cc4)n3)C[C@@H]21. The summed E-state index contributed by atoms with van der Waals surface area (Å²) in [4.78, 5) is 39.0. The van der Waals surface area contributed by atoms with E-state index in [4.69, 9.17) is 20.2 Å². The monoisotopic (exact) mass is 573 g/mol. The number of aryl methyl sites for hydroxylation is 2. The number of aromatic carboxylic acids is 1. The lowest BCUT2D eigenvalue weighted by Crippen LogP contribution is -2.45. The molecule has 2 aliphatic heterocycles. The first-order valence-electron chi connectivity index (χ1n) is 14.6. The fourth-order valence-corrected chi connectivity index (χ4v) is 6.05. The molecule has 0 unspecified atom stereocenters. The van der Waals surface area contributed by atoms with Crippen LogP contribution in [0.1, 0.15) is 46.4 Å². The van der Waals surface area contributed by atoms with Crippen molar-refractivity contribution < 1.29 is 24.2 Å². The number of nitrogens with two attached hydrogens (primary N) is 1. The first-order valence-corrected chi connectivity index (χ1v) is 14.6. The molecule has 10 nitrogen and oxygen atoms in total. The zero-order valence-corrected chi connectivity index (χ0v) is 24.1. The van der Waals surface area contributed by atoms with Gasteiger partial charge in [0.05, 0.1) is 30.8 Å². The van der Waals surface area contributed by atoms with Crippen LogP contribution in [0.4, 0.5) is 5.95 Å². The third-order valence-corrected chi connectivity index (χ3v) is 8.21. The lowest BCUT2D eigenvalue weighted by atomic mass is 9.98. The lowest BCUT2D eigenvalue weighted by molar-refractivity contribution is -0.132. The smallest absolute Gasteiger partial charge is 0.339 e. The van der Waals surface area contributed by atoms with Gasteiger partial charge in [-0.15, -0.1) is 0 Å². The van der Waals surface area contributed by atoms with Crippen LogP contribution in [0, 0.1) is 5.92 Å². The molecule has 0 saturated carbocycles. The number of methoxy groups -OCH3 is 1. The molecule has 0 radical (unpaired) electrons. The molecule has 42 heavy (non-hydrogen) atoms. The molecule has 3 heterocycles. The van der Waals surface area contributed by atoms with Crippen molar-refractivity contribution in [2.45, 2.75) is 44.6 Å². The molecule has 2 aromatic carbocycles. The van der Waals surface area contributed by atoms with Crippen molar-refractivity contribution in [1.29, 1.82) is 0 Å². The molecule has 0 aliphatic carbocycles. The summed E-state index contributed by atoms with van der Waals surface area (Å²) in [5, 5.41) is 9.82. The molecule has 222 valence electrons. The first-order chi connectivity index (χ1) is 20.5. The van der Waals surface area contributed by atoms with E-state index in [9.17, 15) is 14.7 Å².